The van der Waals surface area contributed by atoms with Crippen LogP contribution in [0.25, 0.3) is 0 Å². The van der Waals surface area contributed by atoms with Gasteiger partial charge in [-0.2, -0.15) is 0 Å². The number of carbonyl (C=O) groups excluding carboxylic acids is 2. The number of likely N-dealkylation sites (N-methyl/N-ethyl adjacent to an activating group) is 1. The van der Waals surface area contributed by atoms with Crippen LogP contribution in [0, 0.1) is 5.82 Å². The summed E-state index contributed by atoms with van der Waals surface area (Å²) in [7, 11) is 0. The molecule has 25 heavy (non-hydrogen) atoms. The molecule has 0 fully saturated rings. The molecule has 5 nitrogen and oxygen atoms in total. The van der Waals surface area contributed by atoms with E-state index in [0.717, 1.165) is 13.1 Å². The highest BCUT2D eigenvalue weighted by Gasteiger charge is 2.23. The largest absolute Gasteiger partial charge is 0.466 e. The van der Waals surface area contributed by atoms with Crippen molar-refractivity contribution in [3.05, 3.63) is 34.6 Å². The number of amides is 1. The van der Waals surface area contributed by atoms with Crippen LogP contribution in [0.3, 0.4) is 0 Å². The molecule has 1 amide bonds. The van der Waals surface area contributed by atoms with Crippen LogP contribution in [0.15, 0.2) is 18.2 Å². The van der Waals surface area contributed by atoms with Gasteiger partial charge in [0, 0.05) is 19.6 Å². The maximum absolute atomic E-state index is 14.1. The van der Waals surface area contributed by atoms with Gasteiger partial charge >= 0.3 is 5.97 Å². The monoisotopic (exact) mass is 372 g/mol. The second-order valence-electron chi connectivity index (χ2n) is 5.47. The van der Waals surface area contributed by atoms with Crippen LogP contribution in [-0.2, 0) is 9.53 Å². The molecule has 0 saturated carbocycles. The lowest BCUT2D eigenvalue weighted by Gasteiger charge is -2.26. The second kappa shape index (κ2) is 11.1. The van der Waals surface area contributed by atoms with Gasteiger partial charge in [-0.25, -0.2) is 4.39 Å². The molecule has 140 valence electrons. The molecule has 1 aromatic carbocycles. The van der Waals surface area contributed by atoms with Crippen molar-refractivity contribution in [3.63, 3.8) is 0 Å². The Morgan fingerprint density at radius 2 is 1.80 bits per heavy atom. The molecular weight excluding hydrogens is 347 g/mol. The molecule has 0 aromatic heterocycles. The number of nitrogens with zero attached hydrogens (tertiary/aromatic N) is 2. The average molecular weight is 373 g/mol. The standard InChI is InChI=1S/C18H26ClFN2O3/c1-4-21(5-2)12-13-22(11-10-16(23)25-6-3)18(24)17-14(19)8-7-9-15(17)20/h7-9H,4-6,10-13H2,1-3H3. The van der Waals surface area contributed by atoms with Crippen molar-refractivity contribution in [1.82, 2.24) is 9.80 Å². The first-order valence-corrected chi connectivity index (χ1v) is 8.93. The number of hydrogen-bond donors (Lipinski definition) is 0. The zero-order valence-electron chi connectivity index (χ0n) is 15.1. The van der Waals surface area contributed by atoms with Gasteiger partial charge in [-0.05, 0) is 32.1 Å². The maximum Gasteiger partial charge on any atom is 0.307 e. The smallest absolute Gasteiger partial charge is 0.307 e. The summed E-state index contributed by atoms with van der Waals surface area (Å²) >= 11 is 6.01. The van der Waals surface area contributed by atoms with E-state index in [-0.39, 0.29) is 36.1 Å². The van der Waals surface area contributed by atoms with Gasteiger partial charge in [0.2, 0.25) is 0 Å². The van der Waals surface area contributed by atoms with Gasteiger partial charge in [0.05, 0.1) is 23.6 Å². The second-order valence-corrected chi connectivity index (χ2v) is 5.88. The van der Waals surface area contributed by atoms with Gasteiger partial charge in [0.25, 0.3) is 5.91 Å². The number of esters is 1. The van der Waals surface area contributed by atoms with E-state index in [1.807, 2.05) is 13.8 Å². The molecule has 0 aliphatic carbocycles. The molecule has 0 heterocycles. The van der Waals surface area contributed by atoms with E-state index in [1.165, 1.54) is 23.1 Å². The lowest BCUT2D eigenvalue weighted by atomic mass is 10.1. The Morgan fingerprint density at radius 3 is 2.36 bits per heavy atom. The molecule has 0 spiro atoms. The summed E-state index contributed by atoms with van der Waals surface area (Å²) in [4.78, 5) is 28.0. The first-order chi connectivity index (χ1) is 11.9. The van der Waals surface area contributed by atoms with Gasteiger partial charge in [-0.15, -0.1) is 0 Å². The minimum atomic E-state index is -0.665. The van der Waals surface area contributed by atoms with Crippen LogP contribution in [0.4, 0.5) is 4.39 Å². The molecule has 0 atom stereocenters. The molecule has 1 rings (SSSR count). The Morgan fingerprint density at radius 1 is 1.12 bits per heavy atom. The van der Waals surface area contributed by atoms with Crippen LogP contribution < -0.4 is 0 Å². The molecule has 1 aromatic rings. The summed E-state index contributed by atoms with van der Waals surface area (Å²) in [6, 6.07) is 4.13. The summed E-state index contributed by atoms with van der Waals surface area (Å²) in [5.41, 5.74) is -0.160. The van der Waals surface area contributed by atoms with E-state index in [0.29, 0.717) is 13.1 Å². The fourth-order valence-corrected chi connectivity index (χ4v) is 2.68. The van der Waals surface area contributed by atoms with Gasteiger partial charge in [0.15, 0.2) is 0 Å². The normalized spacial score (nSPS) is 10.8. The van der Waals surface area contributed by atoms with Gasteiger partial charge < -0.3 is 14.5 Å². The third kappa shape index (κ3) is 6.63. The van der Waals surface area contributed by atoms with E-state index in [2.05, 4.69) is 4.90 Å². The molecule has 0 unspecified atom stereocenters. The predicted octanol–water partition coefficient (Wildman–Crippen LogP) is 3.22. The Kier molecular flexibility index (Phi) is 9.45. The fraction of sp³-hybridized carbons (Fsp3) is 0.556. The van der Waals surface area contributed by atoms with E-state index in [4.69, 9.17) is 16.3 Å². The summed E-state index contributed by atoms with van der Waals surface area (Å²) in [5, 5.41) is 0.0639. The van der Waals surface area contributed by atoms with E-state index < -0.39 is 11.7 Å². The van der Waals surface area contributed by atoms with Gasteiger partial charge in [0.1, 0.15) is 5.82 Å². The zero-order valence-corrected chi connectivity index (χ0v) is 15.8. The molecule has 7 heteroatoms. The number of benzene rings is 1. The van der Waals surface area contributed by atoms with Gasteiger partial charge in [-0.3, -0.25) is 9.59 Å². The highest BCUT2D eigenvalue weighted by molar-refractivity contribution is 6.33. The number of hydrogen-bond acceptors (Lipinski definition) is 4. The van der Waals surface area contributed by atoms with Crippen molar-refractivity contribution in [2.75, 3.05) is 39.3 Å². The van der Waals surface area contributed by atoms with Crippen LogP contribution in [-0.4, -0.2) is 61.0 Å². The molecule has 0 saturated heterocycles. The topological polar surface area (TPSA) is 49.9 Å². The van der Waals surface area contributed by atoms with Crippen molar-refractivity contribution < 1.29 is 18.7 Å². The predicted molar refractivity (Wildman–Crippen MR) is 96.4 cm³/mol. The molecule has 0 bridgehead atoms. The quantitative estimate of drug-likeness (QED) is 0.592. The average Bonchev–Trinajstić information content (AvgIpc) is 2.58. The highest BCUT2D eigenvalue weighted by Crippen LogP contribution is 2.21. The molecular formula is C18H26ClFN2O3. The Balaban J connectivity index is 2.91. The van der Waals surface area contributed by atoms with Crippen molar-refractivity contribution in [2.24, 2.45) is 0 Å². The van der Waals surface area contributed by atoms with Crippen LogP contribution in [0.2, 0.25) is 5.02 Å². The summed E-state index contributed by atoms with van der Waals surface area (Å²) in [5.74, 6) is -1.57. The van der Waals surface area contributed by atoms with Crippen LogP contribution in [0.5, 0.6) is 0 Å². The molecule has 0 aliphatic rings. The summed E-state index contributed by atoms with van der Waals surface area (Å²) < 4.78 is 19.0. The summed E-state index contributed by atoms with van der Waals surface area (Å²) in [6.45, 7) is 8.92. The molecule has 0 radical (unpaired) electrons. The number of rotatable bonds is 10. The van der Waals surface area contributed by atoms with Crippen LogP contribution in [0.1, 0.15) is 37.6 Å². The first kappa shape index (κ1) is 21.4. The third-order valence-corrected chi connectivity index (χ3v) is 4.25. The molecule has 0 aliphatic heterocycles. The fourth-order valence-electron chi connectivity index (χ4n) is 2.44. The third-order valence-electron chi connectivity index (χ3n) is 3.94. The van der Waals surface area contributed by atoms with E-state index in [9.17, 15) is 14.0 Å². The number of carbonyl (C=O) groups is 2. The van der Waals surface area contributed by atoms with Crippen molar-refractivity contribution >= 4 is 23.5 Å². The highest BCUT2D eigenvalue weighted by atomic mass is 35.5. The Bertz CT molecular complexity index is 559. The minimum Gasteiger partial charge on any atom is -0.466 e. The Hall–Kier alpha value is -1.66. The van der Waals surface area contributed by atoms with Crippen molar-refractivity contribution in [1.29, 1.82) is 0 Å². The maximum atomic E-state index is 14.1. The lowest BCUT2D eigenvalue weighted by molar-refractivity contribution is -0.143. The SMILES string of the molecule is CCOC(=O)CCN(CCN(CC)CC)C(=O)c1c(F)cccc1Cl. The van der Waals surface area contributed by atoms with Crippen molar-refractivity contribution in [3.8, 4) is 0 Å². The van der Waals surface area contributed by atoms with Crippen LogP contribution >= 0.6 is 11.6 Å². The zero-order chi connectivity index (χ0) is 18.8. The van der Waals surface area contributed by atoms with Gasteiger partial charge in [-0.1, -0.05) is 31.5 Å². The first-order valence-electron chi connectivity index (χ1n) is 8.55. The number of ether oxygens (including phenoxy) is 1. The Labute approximate surface area is 153 Å². The minimum absolute atomic E-state index is 0.0594. The number of halogens is 2. The summed E-state index contributed by atoms with van der Waals surface area (Å²) in [6.07, 6.45) is 0.0594. The van der Waals surface area contributed by atoms with Crippen molar-refractivity contribution in [2.45, 2.75) is 27.2 Å². The van der Waals surface area contributed by atoms with E-state index in [1.54, 1.807) is 6.92 Å². The molecule has 0 N–H and O–H groups in total. The van der Waals surface area contributed by atoms with E-state index >= 15 is 0 Å². The lowest BCUT2D eigenvalue weighted by Crippen LogP contribution is -2.40.